The molecular formula is C25H29ClFN5O3. The average Bonchev–Trinajstić information content (AvgIpc) is 3.63. The number of anilines is 2. The number of amides is 3. The number of morpholine rings is 1. The standard InChI is InChI=1S/C25H29ClFN5O3/c26-18-14-20(27)22(28-15-18)30-24(34)29-21-2-1-9-32(23(21)33)19-5-3-17(4-6-19)25(7-8-25)16-31-10-12-35-13-11-31/h3-6,14-15,21H,1-2,7-13,16H2,(H2,28,29,30,34). The summed E-state index contributed by atoms with van der Waals surface area (Å²) in [4.78, 5) is 33.5. The van der Waals surface area contributed by atoms with Gasteiger partial charge in [-0.1, -0.05) is 23.7 Å². The van der Waals surface area contributed by atoms with E-state index in [2.05, 4.69) is 32.7 Å². The molecule has 3 fully saturated rings. The molecule has 2 N–H and O–H groups in total. The van der Waals surface area contributed by atoms with Crippen LogP contribution in [0.15, 0.2) is 36.5 Å². The SMILES string of the molecule is O=C(Nc1ncc(Cl)cc1F)NC1CCCN(c2ccc(C3(CN4CCOCC4)CC3)cc2)C1=O. The van der Waals surface area contributed by atoms with E-state index >= 15 is 0 Å². The number of nitrogens with zero attached hydrogens (tertiary/aromatic N) is 3. The van der Waals surface area contributed by atoms with Gasteiger partial charge in [0.2, 0.25) is 5.91 Å². The lowest BCUT2D eigenvalue weighted by Crippen LogP contribution is -2.53. The number of hydrogen-bond donors (Lipinski definition) is 2. The fourth-order valence-corrected chi connectivity index (χ4v) is 5.09. The molecule has 8 nitrogen and oxygen atoms in total. The zero-order valence-electron chi connectivity index (χ0n) is 19.4. The molecule has 0 spiro atoms. The Morgan fingerprint density at radius 1 is 1.20 bits per heavy atom. The number of ether oxygens (including phenoxy) is 1. The summed E-state index contributed by atoms with van der Waals surface area (Å²) in [6.45, 7) is 5.18. The van der Waals surface area contributed by atoms with Crippen LogP contribution in [0.3, 0.4) is 0 Å². The van der Waals surface area contributed by atoms with Gasteiger partial charge in [-0.2, -0.15) is 0 Å². The molecule has 1 atom stereocenters. The molecule has 0 bridgehead atoms. The van der Waals surface area contributed by atoms with Crippen LogP contribution in [0.1, 0.15) is 31.2 Å². The fraction of sp³-hybridized carbons (Fsp3) is 0.480. The van der Waals surface area contributed by atoms with Crippen LogP contribution in [-0.4, -0.2) is 67.3 Å². The second-order valence-corrected chi connectivity index (χ2v) is 9.92. The van der Waals surface area contributed by atoms with Gasteiger partial charge >= 0.3 is 6.03 Å². The van der Waals surface area contributed by atoms with Gasteiger partial charge in [-0.3, -0.25) is 15.0 Å². The van der Waals surface area contributed by atoms with Gasteiger partial charge < -0.3 is 15.0 Å². The van der Waals surface area contributed by atoms with E-state index in [0.29, 0.717) is 13.0 Å². The third-order valence-corrected chi connectivity index (χ3v) is 7.27. The number of nitrogens with one attached hydrogen (secondary N) is 2. The summed E-state index contributed by atoms with van der Waals surface area (Å²) < 4.78 is 19.4. The Labute approximate surface area is 208 Å². The zero-order chi connectivity index (χ0) is 24.4. The lowest BCUT2D eigenvalue weighted by molar-refractivity contribution is -0.121. The van der Waals surface area contributed by atoms with Crippen molar-refractivity contribution in [2.24, 2.45) is 0 Å². The van der Waals surface area contributed by atoms with E-state index in [4.69, 9.17) is 16.3 Å². The normalized spacial score (nSPS) is 22.1. The third-order valence-electron chi connectivity index (χ3n) is 7.06. The molecular weight excluding hydrogens is 473 g/mol. The minimum atomic E-state index is -0.744. The Kier molecular flexibility index (Phi) is 6.91. The van der Waals surface area contributed by atoms with E-state index in [-0.39, 0.29) is 22.2 Å². The number of carbonyl (C=O) groups is 2. The van der Waals surface area contributed by atoms with E-state index in [1.807, 2.05) is 12.1 Å². The predicted molar refractivity (Wildman–Crippen MR) is 131 cm³/mol. The smallest absolute Gasteiger partial charge is 0.321 e. The highest BCUT2D eigenvalue weighted by atomic mass is 35.5. The maximum atomic E-state index is 13.9. The van der Waals surface area contributed by atoms with E-state index in [9.17, 15) is 14.0 Å². The summed E-state index contributed by atoms with van der Waals surface area (Å²) >= 11 is 5.70. The molecule has 2 saturated heterocycles. The van der Waals surface area contributed by atoms with Gasteiger partial charge in [-0.15, -0.1) is 0 Å². The van der Waals surface area contributed by atoms with Crippen molar-refractivity contribution in [2.45, 2.75) is 37.1 Å². The van der Waals surface area contributed by atoms with Crippen LogP contribution in [0.4, 0.5) is 20.7 Å². The van der Waals surface area contributed by atoms with Crippen LogP contribution in [0, 0.1) is 5.82 Å². The molecule has 5 rings (SSSR count). The van der Waals surface area contributed by atoms with Crippen LogP contribution in [0.25, 0.3) is 0 Å². The quantitative estimate of drug-likeness (QED) is 0.632. The van der Waals surface area contributed by atoms with Crippen LogP contribution in [-0.2, 0) is 14.9 Å². The van der Waals surface area contributed by atoms with Gasteiger partial charge in [-0.05, 0) is 49.4 Å². The van der Waals surface area contributed by atoms with Gasteiger partial charge in [0.05, 0.1) is 18.2 Å². The minimum absolute atomic E-state index is 0.131. The van der Waals surface area contributed by atoms with Gasteiger partial charge in [0.1, 0.15) is 6.04 Å². The number of rotatable bonds is 6. The Bertz CT molecular complexity index is 1090. The number of pyridine rings is 1. The van der Waals surface area contributed by atoms with Crippen molar-refractivity contribution >= 4 is 35.0 Å². The van der Waals surface area contributed by atoms with E-state index in [1.54, 1.807) is 4.90 Å². The Morgan fingerprint density at radius 2 is 1.94 bits per heavy atom. The molecule has 1 unspecified atom stereocenters. The number of halogens is 2. The Morgan fingerprint density at radius 3 is 2.63 bits per heavy atom. The molecule has 186 valence electrons. The van der Waals surface area contributed by atoms with Gasteiger partial charge in [0.15, 0.2) is 11.6 Å². The molecule has 1 aliphatic carbocycles. The monoisotopic (exact) mass is 501 g/mol. The largest absolute Gasteiger partial charge is 0.379 e. The van der Waals surface area contributed by atoms with Crippen LogP contribution < -0.4 is 15.5 Å². The van der Waals surface area contributed by atoms with Crippen molar-refractivity contribution in [1.82, 2.24) is 15.2 Å². The number of benzene rings is 1. The minimum Gasteiger partial charge on any atom is -0.379 e. The lowest BCUT2D eigenvalue weighted by Gasteiger charge is -2.33. The van der Waals surface area contributed by atoms with Crippen LogP contribution in [0.5, 0.6) is 0 Å². The molecule has 3 amide bonds. The fourth-order valence-electron chi connectivity index (χ4n) is 4.95. The summed E-state index contributed by atoms with van der Waals surface area (Å²) in [6.07, 6.45) is 4.85. The van der Waals surface area contributed by atoms with Crippen molar-refractivity contribution < 1.29 is 18.7 Å². The molecule has 1 aromatic heterocycles. The summed E-state index contributed by atoms with van der Waals surface area (Å²) in [6, 6.07) is 7.95. The summed E-state index contributed by atoms with van der Waals surface area (Å²) in [5, 5.41) is 5.13. The summed E-state index contributed by atoms with van der Waals surface area (Å²) in [5.41, 5.74) is 2.33. The first kappa shape index (κ1) is 24.0. The second-order valence-electron chi connectivity index (χ2n) is 9.48. The van der Waals surface area contributed by atoms with Gasteiger partial charge in [0.25, 0.3) is 0 Å². The number of aromatic nitrogens is 1. The maximum Gasteiger partial charge on any atom is 0.321 e. The molecule has 3 aliphatic rings. The first-order valence-corrected chi connectivity index (χ1v) is 12.4. The zero-order valence-corrected chi connectivity index (χ0v) is 20.2. The lowest BCUT2D eigenvalue weighted by atomic mass is 9.94. The third kappa shape index (κ3) is 5.42. The van der Waals surface area contributed by atoms with Gasteiger partial charge in [0, 0.05) is 43.5 Å². The highest BCUT2D eigenvalue weighted by Crippen LogP contribution is 2.49. The number of carbonyl (C=O) groups excluding carboxylic acids is 2. The first-order valence-electron chi connectivity index (χ1n) is 12.0. The molecule has 35 heavy (non-hydrogen) atoms. The summed E-state index contributed by atoms with van der Waals surface area (Å²) in [7, 11) is 0. The van der Waals surface area contributed by atoms with Crippen LogP contribution in [0.2, 0.25) is 5.02 Å². The van der Waals surface area contributed by atoms with E-state index in [0.717, 1.165) is 51.0 Å². The molecule has 3 heterocycles. The van der Waals surface area contributed by atoms with Crippen molar-refractivity contribution in [2.75, 3.05) is 49.6 Å². The number of hydrogen-bond acceptors (Lipinski definition) is 5. The molecule has 1 saturated carbocycles. The molecule has 2 aliphatic heterocycles. The molecule has 2 aromatic rings. The van der Waals surface area contributed by atoms with E-state index in [1.165, 1.54) is 24.6 Å². The average molecular weight is 502 g/mol. The van der Waals surface area contributed by atoms with Crippen molar-refractivity contribution in [1.29, 1.82) is 0 Å². The van der Waals surface area contributed by atoms with Crippen molar-refractivity contribution in [3.8, 4) is 0 Å². The molecule has 10 heteroatoms. The van der Waals surface area contributed by atoms with E-state index < -0.39 is 17.9 Å². The number of piperidine rings is 1. The predicted octanol–water partition coefficient (Wildman–Crippen LogP) is 3.56. The Hall–Kier alpha value is -2.75. The van der Waals surface area contributed by atoms with Crippen molar-refractivity contribution in [3.05, 3.63) is 52.9 Å². The van der Waals surface area contributed by atoms with Gasteiger partial charge in [-0.25, -0.2) is 14.2 Å². The molecule has 1 aromatic carbocycles. The maximum absolute atomic E-state index is 13.9. The second kappa shape index (κ2) is 10.1. The highest BCUT2D eigenvalue weighted by molar-refractivity contribution is 6.30. The van der Waals surface area contributed by atoms with Crippen molar-refractivity contribution in [3.63, 3.8) is 0 Å². The first-order chi connectivity index (χ1) is 16.9. The number of urea groups is 1. The Balaban J connectivity index is 1.21. The summed E-state index contributed by atoms with van der Waals surface area (Å²) in [5.74, 6) is -1.17. The van der Waals surface area contributed by atoms with Crippen LogP contribution >= 0.6 is 11.6 Å². The topological polar surface area (TPSA) is 86.8 Å². The molecule has 0 radical (unpaired) electrons. The highest BCUT2D eigenvalue weighted by Gasteiger charge is 2.45.